The van der Waals surface area contributed by atoms with E-state index in [1.54, 1.807) is 54.6 Å². The first-order valence-electron chi connectivity index (χ1n) is 9.91. The molecule has 0 saturated heterocycles. The van der Waals surface area contributed by atoms with Crippen molar-refractivity contribution in [1.29, 1.82) is 5.26 Å². The molecule has 0 amide bonds. The predicted octanol–water partition coefficient (Wildman–Crippen LogP) is 3.14. The van der Waals surface area contributed by atoms with Gasteiger partial charge in [0, 0.05) is 42.5 Å². The Morgan fingerprint density at radius 3 is 2.94 bits per heavy atom. The first-order chi connectivity index (χ1) is 15.5. The minimum atomic E-state index is -1.02. The number of pyridine rings is 2. The standard InChI is InChI=1S/C23H18FN7O/c1-30-20(21-19(24)8-14-3-2-6-27-22(14)31(21)12-26)18(11-29-30)13-4-5-16-17(7-13)15(9-25)10-28-23(16)32/h2-8,10-11,21H,9,25H2,1H3,(H,28,32). The summed E-state index contributed by atoms with van der Waals surface area (Å²) in [5.74, 6) is -0.110. The van der Waals surface area contributed by atoms with E-state index in [0.29, 0.717) is 33.4 Å². The number of fused-ring (bicyclic) bond motifs is 2. The van der Waals surface area contributed by atoms with Gasteiger partial charge in [0.1, 0.15) is 17.7 Å². The Morgan fingerprint density at radius 1 is 1.31 bits per heavy atom. The Hall–Kier alpha value is -4.29. The van der Waals surface area contributed by atoms with Crippen molar-refractivity contribution in [2.45, 2.75) is 12.6 Å². The summed E-state index contributed by atoms with van der Waals surface area (Å²) in [6, 6.07) is 7.73. The number of anilines is 1. The van der Waals surface area contributed by atoms with Gasteiger partial charge < -0.3 is 10.7 Å². The molecule has 0 saturated carbocycles. The second kappa shape index (κ2) is 7.44. The van der Waals surface area contributed by atoms with Gasteiger partial charge in [0.2, 0.25) is 0 Å². The van der Waals surface area contributed by atoms with Crippen molar-refractivity contribution < 1.29 is 4.39 Å². The second-order valence-corrected chi connectivity index (χ2v) is 7.49. The Morgan fingerprint density at radius 2 is 2.16 bits per heavy atom. The van der Waals surface area contributed by atoms with Gasteiger partial charge in [-0.1, -0.05) is 6.07 Å². The number of nitrogens with two attached hydrogens (primary N) is 1. The Balaban J connectivity index is 1.72. The van der Waals surface area contributed by atoms with Crippen LogP contribution in [0, 0.1) is 11.5 Å². The van der Waals surface area contributed by atoms with E-state index in [1.165, 1.54) is 11.0 Å². The zero-order chi connectivity index (χ0) is 22.4. The molecule has 1 unspecified atom stereocenters. The molecule has 1 aliphatic rings. The third kappa shape index (κ3) is 2.89. The van der Waals surface area contributed by atoms with Crippen LogP contribution >= 0.6 is 0 Å². The highest BCUT2D eigenvalue weighted by atomic mass is 19.1. The van der Waals surface area contributed by atoms with Crippen LogP contribution < -0.4 is 16.2 Å². The number of aromatic amines is 1. The van der Waals surface area contributed by atoms with E-state index in [0.717, 1.165) is 11.1 Å². The highest BCUT2D eigenvalue weighted by molar-refractivity contribution is 5.89. The molecule has 4 aromatic rings. The van der Waals surface area contributed by atoms with Crippen LogP contribution in [-0.2, 0) is 13.6 Å². The van der Waals surface area contributed by atoms with Gasteiger partial charge in [-0.2, -0.15) is 10.4 Å². The van der Waals surface area contributed by atoms with E-state index in [2.05, 4.69) is 21.3 Å². The number of nitrogens with zero attached hydrogens (tertiary/aromatic N) is 5. The van der Waals surface area contributed by atoms with Crippen LogP contribution in [0.2, 0.25) is 0 Å². The summed E-state index contributed by atoms with van der Waals surface area (Å²) in [6.45, 7) is 0.251. The summed E-state index contributed by atoms with van der Waals surface area (Å²) in [5.41, 5.74) is 8.84. The summed E-state index contributed by atoms with van der Waals surface area (Å²) in [4.78, 5) is 20.5. The average molecular weight is 427 g/mol. The van der Waals surface area contributed by atoms with Gasteiger partial charge in [0.05, 0.1) is 11.9 Å². The lowest BCUT2D eigenvalue weighted by Gasteiger charge is -2.30. The van der Waals surface area contributed by atoms with Crippen LogP contribution in [-0.4, -0.2) is 19.7 Å². The summed E-state index contributed by atoms with van der Waals surface area (Å²) >= 11 is 0. The van der Waals surface area contributed by atoms with Gasteiger partial charge in [-0.05, 0) is 46.9 Å². The highest BCUT2D eigenvalue weighted by Crippen LogP contribution is 2.43. The van der Waals surface area contributed by atoms with Crippen LogP contribution in [0.5, 0.6) is 0 Å². The largest absolute Gasteiger partial charge is 0.328 e. The molecule has 4 heterocycles. The minimum Gasteiger partial charge on any atom is -0.328 e. The van der Waals surface area contributed by atoms with Crippen LogP contribution in [0.3, 0.4) is 0 Å². The number of nitrogens with one attached hydrogen (secondary N) is 1. The number of aryl methyl sites for hydroxylation is 1. The normalized spacial score (nSPS) is 15.4. The van der Waals surface area contributed by atoms with Crippen molar-refractivity contribution in [1.82, 2.24) is 19.7 Å². The van der Waals surface area contributed by atoms with Crippen molar-refractivity contribution in [2.24, 2.45) is 12.8 Å². The quantitative estimate of drug-likeness (QED) is 0.485. The molecule has 9 heteroatoms. The molecule has 158 valence electrons. The first-order valence-corrected chi connectivity index (χ1v) is 9.91. The summed E-state index contributed by atoms with van der Waals surface area (Å²) in [7, 11) is 1.70. The Bertz CT molecular complexity index is 1490. The third-order valence-corrected chi connectivity index (χ3v) is 5.73. The number of nitriles is 1. The molecule has 0 aliphatic carbocycles. The zero-order valence-corrected chi connectivity index (χ0v) is 17.1. The van der Waals surface area contributed by atoms with Crippen LogP contribution in [0.15, 0.2) is 59.5 Å². The monoisotopic (exact) mass is 427 g/mol. The van der Waals surface area contributed by atoms with Crippen LogP contribution in [0.1, 0.15) is 22.9 Å². The third-order valence-electron chi connectivity index (χ3n) is 5.73. The fourth-order valence-electron chi connectivity index (χ4n) is 4.20. The second-order valence-electron chi connectivity index (χ2n) is 7.49. The van der Waals surface area contributed by atoms with Gasteiger partial charge in [-0.15, -0.1) is 0 Å². The van der Waals surface area contributed by atoms with Crippen molar-refractivity contribution >= 4 is 22.7 Å². The number of hydrogen-bond acceptors (Lipinski definition) is 6. The molecule has 1 aliphatic heterocycles. The molecule has 1 atom stereocenters. The number of hydrogen-bond donors (Lipinski definition) is 2. The molecule has 0 spiro atoms. The molecule has 32 heavy (non-hydrogen) atoms. The molecule has 1 aromatic carbocycles. The smallest absolute Gasteiger partial charge is 0.255 e. The Labute approximate surface area is 182 Å². The molecular weight excluding hydrogens is 409 g/mol. The summed E-state index contributed by atoms with van der Waals surface area (Å²) in [5, 5.41) is 15.5. The van der Waals surface area contributed by atoms with Crippen molar-refractivity contribution in [3.63, 3.8) is 0 Å². The fraction of sp³-hybridized carbons (Fsp3) is 0.130. The topological polar surface area (TPSA) is 117 Å². The van der Waals surface area contributed by atoms with Crippen LogP contribution in [0.25, 0.3) is 28.0 Å². The average Bonchev–Trinajstić information content (AvgIpc) is 3.19. The van der Waals surface area contributed by atoms with E-state index in [1.807, 2.05) is 6.07 Å². The number of rotatable bonds is 3. The zero-order valence-electron chi connectivity index (χ0n) is 17.1. The minimum absolute atomic E-state index is 0.213. The lowest BCUT2D eigenvalue weighted by molar-refractivity contribution is 0.523. The van der Waals surface area contributed by atoms with Crippen LogP contribution in [0.4, 0.5) is 10.2 Å². The number of halogens is 1. The molecule has 5 rings (SSSR count). The molecule has 3 aromatic heterocycles. The van der Waals surface area contributed by atoms with Gasteiger partial charge in [0.25, 0.3) is 5.56 Å². The molecule has 3 N–H and O–H groups in total. The summed E-state index contributed by atoms with van der Waals surface area (Å²) < 4.78 is 16.9. The van der Waals surface area contributed by atoms with E-state index >= 15 is 4.39 Å². The van der Waals surface area contributed by atoms with E-state index < -0.39 is 11.9 Å². The van der Waals surface area contributed by atoms with Crippen molar-refractivity contribution in [3.8, 4) is 17.3 Å². The molecule has 0 bridgehead atoms. The number of benzene rings is 1. The first kappa shape index (κ1) is 19.7. The molecule has 0 radical (unpaired) electrons. The molecular formula is C23H18FN7O. The lowest BCUT2D eigenvalue weighted by atomic mass is 9.95. The van der Waals surface area contributed by atoms with Gasteiger partial charge >= 0.3 is 0 Å². The van der Waals surface area contributed by atoms with Gasteiger partial charge in [-0.3, -0.25) is 9.48 Å². The highest BCUT2D eigenvalue weighted by Gasteiger charge is 2.36. The fourth-order valence-corrected chi connectivity index (χ4v) is 4.20. The molecule has 8 nitrogen and oxygen atoms in total. The summed E-state index contributed by atoms with van der Waals surface area (Å²) in [6.07, 6.45) is 8.26. The maximum Gasteiger partial charge on any atom is 0.255 e. The SMILES string of the molecule is Cn1ncc(-c2ccc3c(=O)[nH]cc(CN)c3c2)c1C1C(F)=Cc2cccnc2N1C#N. The van der Waals surface area contributed by atoms with E-state index in [4.69, 9.17) is 5.73 Å². The van der Waals surface area contributed by atoms with E-state index in [9.17, 15) is 10.1 Å². The van der Waals surface area contributed by atoms with Crippen molar-refractivity contribution in [2.75, 3.05) is 4.90 Å². The van der Waals surface area contributed by atoms with Gasteiger partial charge in [0.15, 0.2) is 6.19 Å². The number of aromatic nitrogens is 4. The lowest BCUT2D eigenvalue weighted by Crippen LogP contribution is -2.30. The van der Waals surface area contributed by atoms with Crippen molar-refractivity contribution in [3.05, 3.63) is 81.9 Å². The maximum absolute atomic E-state index is 15.4. The predicted molar refractivity (Wildman–Crippen MR) is 119 cm³/mol. The van der Waals surface area contributed by atoms with E-state index in [-0.39, 0.29) is 12.1 Å². The Kier molecular flexibility index (Phi) is 4.57. The number of H-pyrrole nitrogens is 1. The van der Waals surface area contributed by atoms with Gasteiger partial charge in [-0.25, -0.2) is 14.3 Å². The molecule has 0 fully saturated rings. The maximum atomic E-state index is 15.4.